The Kier molecular flexibility index (Phi) is 42.1. The van der Waals surface area contributed by atoms with Gasteiger partial charge in [0.15, 0.2) is 0 Å². The molecule has 0 radical (unpaired) electrons. The van der Waals surface area contributed by atoms with Crippen LogP contribution in [0.1, 0.15) is 258 Å². The van der Waals surface area contributed by atoms with E-state index in [0.29, 0.717) is 6.42 Å². The van der Waals surface area contributed by atoms with Gasteiger partial charge in [-0.05, 0) is 45.3 Å². The van der Waals surface area contributed by atoms with Crippen LogP contribution >= 0.6 is 0 Å². The fourth-order valence-electron chi connectivity index (χ4n) is 7.26. The van der Waals surface area contributed by atoms with Crippen LogP contribution in [0.4, 0.5) is 0 Å². The number of carbonyl (C=O) groups is 1. The summed E-state index contributed by atoms with van der Waals surface area (Å²) >= 11 is 0. The summed E-state index contributed by atoms with van der Waals surface area (Å²) in [5.41, 5.74) is 0. The predicted molar refractivity (Wildman–Crippen MR) is 217 cm³/mol. The van der Waals surface area contributed by atoms with Crippen LogP contribution in [0.3, 0.4) is 0 Å². The number of nitrogens with zero attached hydrogens (tertiary/aromatic N) is 1. The Labute approximate surface area is 304 Å². The lowest BCUT2D eigenvalue weighted by Gasteiger charge is -2.22. The molecule has 48 heavy (non-hydrogen) atoms. The number of hydrogen-bond acceptors (Lipinski definition) is 2. The van der Waals surface area contributed by atoms with Crippen LogP contribution in [-0.4, -0.2) is 37.0 Å². The molecule has 0 bridgehead atoms. The average Bonchev–Trinajstić information content (AvgIpc) is 3.09. The van der Waals surface area contributed by atoms with Crippen LogP contribution in [0.15, 0.2) is 0 Å². The van der Waals surface area contributed by atoms with Gasteiger partial charge < -0.3 is 10.2 Å². The summed E-state index contributed by atoms with van der Waals surface area (Å²) in [4.78, 5) is 14.8. The third-order valence-corrected chi connectivity index (χ3v) is 10.6. The van der Waals surface area contributed by atoms with Gasteiger partial charge in [-0.25, -0.2) is 0 Å². The second kappa shape index (κ2) is 42.6. The first-order valence-electron chi connectivity index (χ1n) is 22.7. The molecule has 0 aliphatic heterocycles. The smallest absolute Gasteiger partial charge is 0.219 e. The SMILES string of the molecule is CCCCCCCCCCCCCCCCCCN(CCCCCCCCCCCCCCCCCC)CCCNC(=O)CCCCC. The lowest BCUT2D eigenvalue weighted by atomic mass is 10.0. The molecule has 0 saturated carbocycles. The Morgan fingerprint density at radius 2 is 0.583 bits per heavy atom. The van der Waals surface area contributed by atoms with Gasteiger partial charge >= 0.3 is 0 Å². The molecule has 1 N–H and O–H groups in total. The number of rotatable bonds is 42. The average molecular weight is 677 g/mol. The highest BCUT2D eigenvalue weighted by Crippen LogP contribution is 2.16. The fraction of sp³-hybridized carbons (Fsp3) is 0.978. The van der Waals surface area contributed by atoms with Crippen LogP contribution in [-0.2, 0) is 4.79 Å². The lowest BCUT2D eigenvalue weighted by molar-refractivity contribution is -0.121. The van der Waals surface area contributed by atoms with Crippen molar-refractivity contribution < 1.29 is 4.79 Å². The van der Waals surface area contributed by atoms with Gasteiger partial charge in [0.2, 0.25) is 5.91 Å². The lowest BCUT2D eigenvalue weighted by Crippen LogP contribution is -2.31. The van der Waals surface area contributed by atoms with Gasteiger partial charge in [-0.15, -0.1) is 0 Å². The molecular weight excluding hydrogens is 585 g/mol. The van der Waals surface area contributed by atoms with Crippen molar-refractivity contribution in [1.29, 1.82) is 0 Å². The third-order valence-electron chi connectivity index (χ3n) is 10.6. The maximum atomic E-state index is 12.1. The summed E-state index contributed by atoms with van der Waals surface area (Å²) in [6, 6.07) is 0. The summed E-state index contributed by atoms with van der Waals surface area (Å²) in [5.74, 6) is 0.255. The van der Waals surface area contributed by atoms with E-state index >= 15 is 0 Å². The van der Waals surface area contributed by atoms with Crippen LogP contribution in [0, 0.1) is 0 Å². The zero-order valence-electron chi connectivity index (χ0n) is 33.8. The maximum absolute atomic E-state index is 12.1. The molecule has 3 nitrogen and oxygen atoms in total. The van der Waals surface area contributed by atoms with Crippen LogP contribution in [0.2, 0.25) is 0 Å². The molecule has 0 saturated heterocycles. The number of amides is 1. The molecule has 0 unspecified atom stereocenters. The summed E-state index contributed by atoms with van der Waals surface area (Å²) in [5, 5.41) is 3.18. The van der Waals surface area contributed by atoms with Gasteiger partial charge in [0.25, 0.3) is 0 Å². The largest absolute Gasteiger partial charge is 0.356 e. The molecular formula is C45H92N2O. The molecule has 0 aliphatic carbocycles. The number of nitrogens with one attached hydrogen (secondary N) is 1. The summed E-state index contributed by atoms with van der Waals surface area (Å²) in [6.07, 6.45) is 51.1. The molecule has 3 heteroatoms. The molecule has 0 aromatic heterocycles. The van der Waals surface area contributed by atoms with Crippen molar-refractivity contribution in [3.63, 3.8) is 0 Å². The van der Waals surface area contributed by atoms with Gasteiger partial charge in [-0.2, -0.15) is 0 Å². The number of hydrogen-bond donors (Lipinski definition) is 1. The van der Waals surface area contributed by atoms with Gasteiger partial charge in [-0.1, -0.05) is 226 Å². The van der Waals surface area contributed by atoms with E-state index in [1.54, 1.807) is 0 Å². The Bertz CT molecular complexity index is 558. The van der Waals surface area contributed by atoms with Crippen molar-refractivity contribution in [3.8, 4) is 0 Å². The molecule has 1 amide bonds. The van der Waals surface area contributed by atoms with E-state index in [-0.39, 0.29) is 5.91 Å². The topological polar surface area (TPSA) is 32.3 Å². The Hall–Kier alpha value is -0.570. The standard InChI is InChI=1S/C45H92N2O/c1-4-7-10-12-14-16-18-20-22-24-26-28-30-32-34-37-42-47(44-39-41-46-45(48)40-36-9-6-3)43-38-35-33-31-29-27-25-23-21-19-17-15-13-11-8-5-2/h4-44H2,1-3H3,(H,46,48). The first-order chi connectivity index (χ1) is 23.7. The van der Waals surface area contributed by atoms with Crippen LogP contribution < -0.4 is 5.32 Å². The van der Waals surface area contributed by atoms with Crippen molar-refractivity contribution in [2.24, 2.45) is 0 Å². The highest BCUT2D eigenvalue weighted by Gasteiger charge is 2.06. The highest BCUT2D eigenvalue weighted by atomic mass is 16.1. The van der Waals surface area contributed by atoms with Crippen LogP contribution in [0.5, 0.6) is 0 Å². The summed E-state index contributed by atoms with van der Waals surface area (Å²) < 4.78 is 0. The molecule has 0 aromatic rings. The molecule has 0 heterocycles. The number of unbranched alkanes of at least 4 members (excludes halogenated alkanes) is 32. The van der Waals surface area contributed by atoms with E-state index < -0.39 is 0 Å². The van der Waals surface area contributed by atoms with E-state index in [4.69, 9.17) is 0 Å². The zero-order valence-corrected chi connectivity index (χ0v) is 33.8. The monoisotopic (exact) mass is 677 g/mol. The quantitative estimate of drug-likeness (QED) is 0.0653. The van der Waals surface area contributed by atoms with Gasteiger partial charge in [0, 0.05) is 13.0 Å². The van der Waals surface area contributed by atoms with Crippen molar-refractivity contribution in [2.75, 3.05) is 26.2 Å². The summed E-state index contributed by atoms with van der Waals surface area (Å²) in [7, 11) is 0. The molecule has 0 fully saturated rings. The van der Waals surface area contributed by atoms with E-state index in [1.807, 2.05) is 0 Å². The third kappa shape index (κ3) is 39.9. The van der Waals surface area contributed by atoms with E-state index in [0.717, 1.165) is 25.9 Å². The minimum atomic E-state index is 0.255. The van der Waals surface area contributed by atoms with Crippen molar-refractivity contribution in [3.05, 3.63) is 0 Å². The van der Waals surface area contributed by atoms with Crippen molar-refractivity contribution >= 4 is 5.91 Å². The van der Waals surface area contributed by atoms with Gasteiger partial charge in [0.05, 0.1) is 0 Å². The zero-order chi connectivity index (χ0) is 34.9. The number of carbonyl (C=O) groups excluding carboxylic acids is 1. The molecule has 0 spiro atoms. The maximum Gasteiger partial charge on any atom is 0.219 e. The van der Waals surface area contributed by atoms with E-state index in [1.165, 1.54) is 231 Å². The Morgan fingerprint density at radius 3 is 0.896 bits per heavy atom. The Balaban J connectivity index is 3.90. The second-order valence-electron chi connectivity index (χ2n) is 15.6. The van der Waals surface area contributed by atoms with Crippen LogP contribution in [0.25, 0.3) is 0 Å². The second-order valence-corrected chi connectivity index (χ2v) is 15.6. The molecule has 0 rings (SSSR count). The minimum Gasteiger partial charge on any atom is -0.356 e. The summed E-state index contributed by atoms with van der Waals surface area (Å²) in [6.45, 7) is 11.3. The molecule has 0 aliphatic rings. The first-order valence-corrected chi connectivity index (χ1v) is 22.7. The highest BCUT2D eigenvalue weighted by molar-refractivity contribution is 5.75. The molecule has 0 atom stereocenters. The normalized spacial score (nSPS) is 11.6. The minimum absolute atomic E-state index is 0.255. The van der Waals surface area contributed by atoms with Gasteiger partial charge in [0.1, 0.15) is 0 Å². The van der Waals surface area contributed by atoms with Gasteiger partial charge in [-0.3, -0.25) is 4.79 Å². The molecule has 288 valence electrons. The van der Waals surface area contributed by atoms with Crippen molar-refractivity contribution in [1.82, 2.24) is 10.2 Å². The van der Waals surface area contributed by atoms with E-state index in [9.17, 15) is 4.79 Å². The first kappa shape index (κ1) is 47.4. The molecule has 0 aromatic carbocycles. The van der Waals surface area contributed by atoms with E-state index in [2.05, 4.69) is 31.0 Å². The van der Waals surface area contributed by atoms with Crippen molar-refractivity contribution in [2.45, 2.75) is 258 Å². The predicted octanol–water partition coefficient (Wildman–Crippen LogP) is 14.9. The Morgan fingerprint density at radius 1 is 0.333 bits per heavy atom. The fourth-order valence-corrected chi connectivity index (χ4v) is 7.26.